The number of nitrogens with one attached hydrogen (secondary N) is 1. The van der Waals surface area contributed by atoms with Gasteiger partial charge in [0.2, 0.25) is 5.91 Å². The van der Waals surface area contributed by atoms with Gasteiger partial charge in [0.15, 0.2) is 0 Å². The highest BCUT2D eigenvalue weighted by atomic mass is 35.5. The van der Waals surface area contributed by atoms with Crippen LogP contribution < -0.4 is 10.2 Å². The third-order valence-corrected chi connectivity index (χ3v) is 10.1. The number of carbonyl (C=O) groups excluding carboxylic acids is 4. The minimum absolute atomic E-state index is 0.0685. The predicted octanol–water partition coefficient (Wildman–Crippen LogP) is 4.35. The lowest BCUT2D eigenvalue weighted by molar-refractivity contribution is -0.141. The Labute approximate surface area is 298 Å². The van der Waals surface area contributed by atoms with Gasteiger partial charge in [0.25, 0.3) is 17.6 Å². The highest BCUT2D eigenvalue weighted by Crippen LogP contribution is 2.36. The van der Waals surface area contributed by atoms with Crippen LogP contribution in [0.15, 0.2) is 79.4 Å². The zero-order chi connectivity index (χ0) is 35.4. The van der Waals surface area contributed by atoms with Gasteiger partial charge < -0.3 is 10.2 Å². The summed E-state index contributed by atoms with van der Waals surface area (Å²) in [5.74, 6) is -1.57. The molecule has 258 valence electrons. The molecule has 3 amide bonds. The Morgan fingerprint density at radius 3 is 2.57 bits per heavy atom. The van der Waals surface area contributed by atoms with Gasteiger partial charge in [0.1, 0.15) is 5.69 Å². The first-order valence-corrected chi connectivity index (χ1v) is 17.1. The van der Waals surface area contributed by atoms with E-state index in [9.17, 15) is 19.2 Å². The van der Waals surface area contributed by atoms with Gasteiger partial charge in [-0.25, -0.2) is 9.36 Å². The van der Waals surface area contributed by atoms with E-state index in [1.54, 1.807) is 42.7 Å². The van der Waals surface area contributed by atoms with E-state index in [2.05, 4.69) is 39.6 Å². The van der Waals surface area contributed by atoms with E-state index in [4.69, 9.17) is 11.6 Å². The summed E-state index contributed by atoms with van der Waals surface area (Å²) in [6.07, 6.45) is 8.34. The van der Waals surface area contributed by atoms with Crippen LogP contribution >= 0.6 is 11.6 Å². The number of aromatic nitrogens is 6. The molecule has 14 heteroatoms. The van der Waals surface area contributed by atoms with E-state index < -0.39 is 11.7 Å². The molecule has 0 bridgehead atoms. The van der Waals surface area contributed by atoms with Gasteiger partial charge in [-0.3, -0.25) is 29.1 Å². The van der Waals surface area contributed by atoms with Crippen LogP contribution in [-0.4, -0.2) is 70.7 Å². The van der Waals surface area contributed by atoms with Crippen molar-refractivity contribution in [2.75, 3.05) is 11.4 Å². The highest BCUT2D eigenvalue weighted by molar-refractivity contribution is 6.52. The van der Waals surface area contributed by atoms with Gasteiger partial charge in [0.05, 0.1) is 58.3 Å². The molecule has 1 aliphatic carbocycles. The van der Waals surface area contributed by atoms with E-state index in [1.807, 2.05) is 40.0 Å². The number of hydrogen-bond donors (Lipinski definition) is 1. The first kappa shape index (κ1) is 32.5. The zero-order valence-corrected chi connectivity index (χ0v) is 28.7. The summed E-state index contributed by atoms with van der Waals surface area (Å²) >= 11 is 6.50. The number of anilines is 1. The number of carbonyl (C=O) groups is 4. The Morgan fingerprint density at radius 2 is 1.76 bits per heavy atom. The van der Waals surface area contributed by atoms with Crippen molar-refractivity contribution in [3.8, 4) is 11.4 Å². The molecule has 0 atom stereocenters. The number of fused-ring (bicyclic) bond motifs is 2. The van der Waals surface area contributed by atoms with Crippen molar-refractivity contribution in [1.82, 2.24) is 40.0 Å². The molecule has 0 spiro atoms. The number of halogens is 1. The Kier molecular flexibility index (Phi) is 8.01. The number of para-hydroxylation sites is 2. The molecule has 1 N–H and O–H groups in total. The molecule has 0 unspecified atom stereocenters. The van der Waals surface area contributed by atoms with Crippen LogP contribution in [0.25, 0.3) is 11.4 Å². The fourth-order valence-electron chi connectivity index (χ4n) is 7.21. The second kappa shape index (κ2) is 12.6. The zero-order valence-electron chi connectivity index (χ0n) is 28.0. The van der Waals surface area contributed by atoms with Crippen LogP contribution in [0.2, 0.25) is 5.02 Å². The maximum Gasteiger partial charge on any atom is 0.299 e. The molecule has 13 nitrogen and oxygen atoms in total. The van der Waals surface area contributed by atoms with Crippen LogP contribution in [0, 0.1) is 11.3 Å². The van der Waals surface area contributed by atoms with Crippen LogP contribution in [-0.2, 0) is 29.1 Å². The molecule has 8 rings (SSSR count). The number of ketones is 1. The largest absolute Gasteiger partial charge is 0.349 e. The monoisotopic (exact) mass is 703 g/mol. The third-order valence-electron chi connectivity index (χ3n) is 9.79. The van der Waals surface area contributed by atoms with Crippen molar-refractivity contribution < 1.29 is 19.2 Å². The van der Waals surface area contributed by atoms with E-state index >= 15 is 0 Å². The van der Waals surface area contributed by atoms with Crippen LogP contribution in [0.3, 0.4) is 0 Å². The predicted molar refractivity (Wildman–Crippen MR) is 187 cm³/mol. The van der Waals surface area contributed by atoms with Gasteiger partial charge in [-0.15, -0.1) is 5.10 Å². The first-order valence-electron chi connectivity index (χ1n) is 16.8. The summed E-state index contributed by atoms with van der Waals surface area (Å²) in [4.78, 5) is 59.5. The molecular weight excluding hydrogens is 670 g/mol. The lowest BCUT2D eigenvalue weighted by Gasteiger charge is -2.39. The maximum absolute atomic E-state index is 13.8. The van der Waals surface area contributed by atoms with Crippen LogP contribution in [0.4, 0.5) is 5.69 Å². The molecule has 3 aromatic heterocycles. The molecular formula is C37H34ClN9O4. The second-order valence-corrected chi connectivity index (χ2v) is 14.6. The molecule has 0 radical (unpaired) electrons. The Hall–Kier alpha value is -5.69. The average Bonchev–Trinajstić information content (AvgIpc) is 3.77. The molecule has 5 heterocycles. The molecule has 51 heavy (non-hydrogen) atoms. The standard InChI is InChI=1S/C37H34ClN9O4/c1-37(2)14-32-24(16-40-47(32)31-10-6-4-8-29(31)38)18-44(21-37)35(50)22-11-25(12-22)41-34(49)23-13-27(17-39-15-23)46-20-26(42-43-46)19-45-30-9-5-3-7-28(30)33(48)36(45)51/h3-10,13,15-17,20,22,25H,11-12,14,18-19,21H2,1-2H3,(H,41,49). The topological polar surface area (TPSA) is 148 Å². The van der Waals surface area contributed by atoms with Crippen molar-refractivity contribution in [3.05, 3.63) is 112 Å². The summed E-state index contributed by atoms with van der Waals surface area (Å²) in [6.45, 7) is 5.47. The highest BCUT2D eigenvalue weighted by Gasteiger charge is 2.41. The maximum atomic E-state index is 13.8. The third kappa shape index (κ3) is 6.07. The van der Waals surface area contributed by atoms with Crippen molar-refractivity contribution in [2.24, 2.45) is 11.3 Å². The quantitative estimate of drug-likeness (QED) is 0.246. The van der Waals surface area contributed by atoms with E-state index in [0.29, 0.717) is 59.1 Å². The molecule has 2 aromatic carbocycles. The second-order valence-electron chi connectivity index (χ2n) is 14.2. The van der Waals surface area contributed by atoms with Crippen molar-refractivity contribution >= 4 is 40.8 Å². The first-order chi connectivity index (χ1) is 24.5. The Balaban J connectivity index is 0.891. The van der Waals surface area contributed by atoms with E-state index in [1.165, 1.54) is 15.8 Å². The summed E-state index contributed by atoms with van der Waals surface area (Å²) < 4.78 is 3.37. The average molecular weight is 704 g/mol. The van der Waals surface area contributed by atoms with Crippen LogP contribution in [0.1, 0.15) is 64.4 Å². The number of benzene rings is 2. The summed E-state index contributed by atoms with van der Waals surface area (Å²) in [6, 6.07) is 16.0. The fraction of sp³-hybridized carbons (Fsp3) is 0.297. The van der Waals surface area contributed by atoms with E-state index in [-0.39, 0.29) is 35.7 Å². The lowest BCUT2D eigenvalue weighted by Crippen LogP contribution is -2.51. The summed E-state index contributed by atoms with van der Waals surface area (Å²) in [5, 5.41) is 16.7. The number of nitrogens with zero attached hydrogens (tertiary/aromatic N) is 8. The van der Waals surface area contributed by atoms with Gasteiger partial charge >= 0.3 is 0 Å². The normalized spacial score (nSPS) is 19.3. The van der Waals surface area contributed by atoms with Gasteiger partial charge in [-0.1, -0.05) is 54.9 Å². The van der Waals surface area contributed by atoms with Gasteiger partial charge in [-0.2, -0.15) is 5.10 Å². The molecule has 0 saturated heterocycles. The van der Waals surface area contributed by atoms with E-state index in [0.717, 1.165) is 23.4 Å². The van der Waals surface area contributed by atoms with Crippen molar-refractivity contribution in [1.29, 1.82) is 0 Å². The smallest absolute Gasteiger partial charge is 0.299 e. The number of amides is 3. The number of rotatable bonds is 7. The molecule has 1 fully saturated rings. The number of hydrogen-bond acceptors (Lipinski definition) is 8. The molecule has 1 saturated carbocycles. The van der Waals surface area contributed by atoms with Crippen molar-refractivity contribution in [2.45, 2.75) is 52.2 Å². The number of pyridine rings is 1. The van der Waals surface area contributed by atoms with Gasteiger partial charge in [-0.05, 0) is 55.0 Å². The lowest BCUT2D eigenvalue weighted by atomic mass is 9.78. The molecule has 5 aromatic rings. The SMILES string of the molecule is CC1(C)Cc2c(cnn2-c2ccccc2Cl)CN(C(=O)C2CC(NC(=O)c3cncc(-n4cc(CN5C(=O)C(=O)c6ccccc65)nn4)c3)C2)C1. The summed E-state index contributed by atoms with van der Waals surface area (Å²) in [7, 11) is 0. The minimum atomic E-state index is -0.614. The summed E-state index contributed by atoms with van der Waals surface area (Å²) in [5.41, 5.74) is 4.91. The fourth-order valence-corrected chi connectivity index (χ4v) is 7.42. The Bertz CT molecular complexity index is 2220. The Morgan fingerprint density at radius 1 is 1.00 bits per heavy atom. The molecule has 3 aliphatic rings. The molecule has 2 aliphatic heterocycles. The van der Waals surface area contributed by atoms with Gasteiger partial charge in [0, 0.05) is 42.5 Å². The van der Waals surface area contributed by atoms with Crippen LogP contribution in [0.5, 0.6) is 0 Å². The minimum Gasteiger partial charge on any atom is -0.349 e. The van der Waals surface area contributed by atoms with Crippen molar-refractivity contribution in [3.63, 3.8) is 0 Å². The number of Topliss-reactive ketones (excluding diaryl/α,β-unsaturated/α-hetero) is 1.